The van der Waals surface area contributed by atoms with Crippen molar-refractivity contribution in [2.75, 3.05) is 0 Å². The van der Waals surface area contributed by atoms with Crippen LogP contribution in [-0.4, -0.2) is 30.9 Å². The lowest BCUT2D eigenvalue weighted by Gasteiger charge is -2.20. The number of hydrogen-bond acceptors (Lipinski definition) is 5. The van der Waals surface area contributed by atoms with Gasteiger partial charge in [-0.2, -0.15) is 0 Å². The van der Waals surface area contributed by atoms with E-state index in [1.54, 1.807) is 24.5 Å². The molecule has 2 heterocycles. The molecule has 4 aromatic rings. The van der Waals surface area contributed by atoms with Crippen molar-refractivity contribution in [2.24, 2.45) is 5.92 Å². The summed E-state index contributed by atoms with van der Waals surface area (Å²) in [7, 11) is 0. The van der Waals surface area contributed by atoms with Crippen LogP contribution in [0.1, 0.15) is 19.4 Å². The second-order valence-corrected chi connectivity index (χ2v) is 8.95. The number of carbonyl (C=O) groups is 1. The van der Waals surface area contributed by atoms with Crippen LogP contribution in [0.5, 0.6) is 0 Å². The molecule has 0 aliphatic carbocycles. The lowest BCUT2D eigenvalue weighted by atomic mass is 10.1. The molecule has 33 heavy (non-hydrogen) atoms. The number of rotatable bonds is 8. The topological polar surface area (TPSA) is 72.7 Å². The molecule has 0 saturated heterocycles. The van der Waals surface area contributed by atoms with Crippen LogP contribution in [0.4, 0.5) is 4.39 Å². The number of nitrogens with zero attached hydrogens (tertiary/aromatic N) is 4. The maximum absolute atomic E-state index is 13.5. The summed E-state index contributed by atoms with van der Waals surface area (Å²) in [5, 5.41) is 12.0. The van der Waals surface area contributed by atoms with Crippen molar-refractivity contribution in [1.82, 2.24) is 25.1 Å². The Balaban J connectivity index is 1.64. The summed E-state index contributed by atoms with van der Waals surface area (Å²) < 4.78 is 15.4. The van der Waals surface area contributed by atoms with Gasteiger partial charge >= 0.3 is 0 Å². The molecular weight excluding hydrogens is 437 g/mol. The molecule has 2 aromatic heterocycles. The molecule has 1 unspecified atom stereocenters. The Morgan fingerprint density at radius 2 is 1.79 bits per heavy atom. The molecule has 0 bridgehead atoms. The van der Waals surface area contributed by atoms with E-state index in [0.29, 0.717) is 17.5 Å². The maximum atomic E-state index is 13.5. The van der Waals surface area contributed by atoms with E-state index >= 15 is 0 Å². The molecule has 4 rings (SSSR count). The van der Waals surface area contributed by atoms with Crippen LogP contribution in [0.15, 0.2) is 84.3 Å². The minimum absolute atomic E-state index is 0.0547. The monoisotopic (exact) mass is 461 g/mol. The van der Waals surface area contributed by atoms with Crippen molar-refractivity contribution in [3.8, 4) is 17.1 Å². The van der Waals surface area contributed by atoms with Crippen molar-refractivity contribution < 1.29 is 9.18 Å². The quantitative estimate of drug-likeness (QED) is 0.378. The summed E-state index contributed by atoms with van der Waals surface area (Å²) in [5.41, 5.74) is 2.54. The van der Waals surface area contributed by atoms with Crippen LogP contribution in [0, 0.1) is 11.7 Å². The van der Waals surface area contributed by atoms with E-state index in [9.17, 15) is 9.18 Å². The highest BCUT2D eigenvalue weighted by Gasteiger charge is 2.27. The molecule has 0 spiro atoms. The van der Waals surface area contributed by atoms with E-state index in [1.807, 2.05) is 60.9 Å². The third-order valence-electron chi connectivity index (χ3n) is 5.04. The largest absolute Gasteiger partial charge is 0.351 e. The normalized spacial score (nSPS) is 12.0. The summed E-state index contributed by atoms with van der Waals surface area (Å²) in [5.74, 6) is 0.246. The molecule has 0 fully saturated rings. The van der Waals surface area contributed by atoms with Crippen LogP contribution >= 0.6 is 11.8 Å². The first kappa shape index (κ1) is 22.7. The third kappa shape index (κ3) is 5.46. The second kappa shape index (κ2) is 10.4. The molecule has 0 saturated carbocycles. The molecule has 0 aliphatic rings. The van der Waals surface area contributed by atoms with Crippen molar-refractivity contribution in [2.45, 2.75) is 30.8 Å². The molecule has 1 atom stereocenters. The first-order valence-electron chi connectivity index (χ1n) is 10.6. The number of amides is 1. The van der Waals surface area contributed by atoms with Gasteiger partial charge in [0, 0.05) is 30.2 Å². The van der Waals surface area contributed by atoms with E-state index in [1.165, 1.54) is 23.9 Å². The second-order valence-electron chi connectivity index (χ2n) is 7.85. The minimum Gasteiger partial charge on any atom is -0.351 e. The molecule has 8 heteroatoms. The molecule has 168 valence electrons. The molecular formula is C25H24FN5OS. The lowest BCUT2D eigenvalue weighted by Crippen LogP contribution is -2.35. The molecule has 0 aliphatic heterocycles. The smallest absolute Gasteiger partial charge is 0.234 e. The number of benzene rings is 2. The van der Waals surface area contributed by atoms with Crippen molar-refractivity contribution >= 4 is 17.7 Å². The van der Waals surface area contributed by atoms with Gasteiger partial charge in [-0.05, 0) is 53.9 Å². The van der Waals surface area contributed by atoms with E-state index in [-0.39, 0.29) is 22.9 Å². The Morgan fingerprint density at radius 3 is 2.45 bits per heavy atom. The van der Waals surface area contributed by atoms with Gasteiger partial charge in [-0.25, -0.2) is 4.39 Å². The minimum atomic E-state index is -0.380. The first-order valence-corrected chi connectivity index (χ1v) is 11.5. The number of thioether (sulfide) groups is 1. The zero-order chi connectivity index (χ0) is 23.2. The highest BCUT2D eigenvalue weighted by atomic mass is 32.2. The fourth-order valence-electron chi connectivity index (χ4n) is 3.34. The van der Waals surface area contributed by atoms with E-state index in [0.717, 1.165) is 16.8 Å². The van der Waals surface area contributed by atoms with Crippen molar-refractivity contribution in [3.63, 3.8) is 0 Å². The van der Waals surface area contributed by atoms with Gasteiger partial charge in [0.1, 0.15) is 5.82 Å². The number of aromatic nitrogens is 4. The predicted octanol–water partition coefficient (Wildman–Crippen LogP) is 4.90. The summed E-state index contributed by atoms with van der Waals surface area (Å²) >= 11 is 1.37. The SMILES string of the molecule is CC(C)C(Sc1nnc(-c2ccc(F)cc2)n1-c1ccccc1)C(=O)NCc1cccnc1. The number of pyridine rings is 1. The van der Waals surface area contributed by atoms with Crippen LogP contribution < -0.4 is 5.32 Å². The van der Waals surface area contributed by atoms with Gasteiger partial charge in [-0.3, -0.25) is 14.3 Å². The molecule has 0 radical (unpaired) electrons. The lowest BCUT2D eigenvalue weighted by molar-refractivity contribution is -0.121. The van der Waals surface area contributed by atoms with Crippen LogP contribution in [0.2, 0.25) is 0 Å². The Morgan fingerprint density at radius 1 is 1.03 bits per heavy atom. The van der Waals surface area contributed by atoms with Gasteiger partial charge in [0.2, 0.25) is 5.91 Å². The average molecular weight is 462 g/mol. The fourth-order valence-corrected chi connectivity index (χ4v) is 4.42. The third-order valence-corrected chi connectivity index (χ3v) is 6.52. The highest BCUT2D eigenvalue weighted by molar-refractivity contribution is 8.00. The number of nitrogens with one attached hydrogen (secondary N) is 1. The Bertz CT molecular complexity index is 1200. The zero-order valence-corrected chi connectivity index (χ0v) is 19.2. The highest BCUT2D eigenvalue weighted by Crippen LogP contribution is 2.32. The predicted molar refractivity (Wildman–Crippen MR) is 127 cm³/mol. The summed E-state index contributed by atoms with van der Waals surface area (Å²) in [6.45, 7) is 4.42. The first-order chi connectivity index (χ1) is 16.0. The molecule has 6 nitrogen and oxygen atoms in total. The van der Waals surface area contributed by atoms with Gasteiger partial charge in [-0.15, -0.1) is 10.2 Å². The Kier molecular flexibility index (Phi) is 7.14. The van der Waals surface area contributed by atoms with Crippen molar-refractivity contribution in [3.05, 3.63) is 90.5 Å². The fraction of sp³-hybridized carbons (Fsp3) is 0.200. The number of para-hydroxylation sites is 1. The summed E-state index contributed by atoms with van der Waals surface area (Å²) in [6.07, 6.45) is 3.44. The van der Waals surface area contributed by atoms with Gasteiger partial charge < -0.3 is 5.32 Å². The van der Waals surface area contributed by atoms with Crippen molar-refractivity contribution in [1.29, 1.82) is 0 Å². The van der Waals surface area contributed by atoms with E-state index in [4.69, 9.17) is 0 Å². The molecule has 1 amide bonds. The molecule has 1 N–H and O–H groups in total. The zero-order valence-electron chi connectivity index (χ0n) is 18.4. The Hall–Kier alpha value is -3.52. The van der Waals surface area contributed by atoms with Gasteiger partial charge in [0.05, 0.1) is 5.25 Å². The number of halogens is 1. The van der Waals surface area contributed by atoms with Gasteiger partial charge in [0.15, 0.2) is 11.0 Å². The maximum Gasteiger partial charge on any atom is 0.234 e. The standard InChI is InChI=1S/C25H24FN5OS/c1-17(2)22(24(32)28-16-18-7-6-14-27-15-18)33-25-30-29-23(19-10-12-20(26)13-11-19)31(25)21-8-4-3-5-9-21/h3-15,17,22H,16H2,1-2H3,(H,28,32). The Labute approximate surface area is 196 Å². The van der Waals surface area contributed by atoms with E-state index < -0.39 is 0 Å². The van der Waals surface area contributed by atoms with Gasteiger partial charge in [0.25, 0.3) is 0 Å². The van der Waals surface area contributed by atoms with Crippen LogP contribution in [0.25, 0.3) is 17.1 Å². The average Bonchev–Trinajstić information content (AvgIpc) is 3.26. The van der Waals surface area contributed by atoms with Crippen LogP contribution in [-0.2, 0) is 11.3 Å². The number of carbonyl (C=O) groups excluding carboxylic acids is 1. The summed E-state index contributed by atoms with van der Waals surface area (Å²) in [4.78, 5) is 17.2. The van der Waals surface area contributed by atoms with E-state index in [2.05, 4.69) is 20.5 Å². The summed E-state index contributed by atoms with van der Waals surface area (Å²) in [6, 6.07) is 19.6. The number of hydrogen-bond donors (Lipinski definition) is 1. The van der Waals surface area contributed by atoms with Gasteiger partial charge in [-0.1, -0.05) is 49.9 Å². The molecule has 2 aromatic carbocycles. The van der Waals surface area contributed by atoms with Crippen LogP contribution in [0.3, 0.4) is 0 Å².